The van der Waals surface area contributed by atoms with Crippen LogP contribution in [-0.2, 0) is 33.0 Å². The van der Waals surface area contributed by atoms with Crippen LogP contribution >= 0.6 is 34.9 Å². The van der Waals surface area contributed by atoms with Gasteiger partial charge < -0.3 is 14.6 Å². The molecule has 0 unspecified atom stereocenters. The van der Waals surface area contributed by atoms with E-state index in [0.29, 0.717) is 34.9 Å². The fourth-order valence-electron chi connectivity index (χ4n) is 2.60. The zero-order valence-corrected chi connectivity index (χ0v) is 20.0. The fourth-order valence-corrected chi connectivity index (χ4v) is 4.95. The minimum absolute atomic E-state index is 0.0867. The molecule has 32 heavy (non-hydrogen) atoms. The third kappa shape index (κ3) is 7.21. The number of esters is 1. The Morgan fingerprint density at radius 2 is 2.06 bits per heavy atom. The Kier molecular flexibility index (Phi) is 9.32. The zero-order chi connectivity index (χ0) is 22.8. The number of ether oxygens (including phenoxy) is 1. The van der Waals surface area contributed by atoms with Gasteiger partial charge in [0.1, 0.15) is 5.82 Å². The van der Waals surface area contributed by atoms with Gasteiger partial charge in [0.05, 0.1) is 30.2 Å². The molecule has 11 heteroatoms. The van der Waals surface area contributed by atoms with E-state index in [4.69, 9.17) is 4.74 Å². The number of carbonyl (C=O) groups excluding carboxylic acids is 2. The molecule has 0 atom stereocenters. The predicted molar refractivity (Wildman–Crippen MR) is 128 cm³/mol. The van der Waals surface area contributed by atoms with Gasteiger partial charge in [-0.3, -0.25) is 9.59 Å². The van der Waals surface area contributed by atoms with Crippen molar-refractivity contribution in [1.29, 1.82) is 0 Å². The normalized spacial score (nSPS) is 10.7. The van der Waals surface area contributed by atoms with E-state index in [2.05, 4.69) is 39.2 Å². The number of thiazole rings is 1. The van der Waals surface area contributed by atoms with E-state index in [1.165, 1.54) is 23.1 Å². The lowest BCUT2D eigenvalue weighted by molar-refractivity contribution is -0.142. The fraction of sp³-hybridized carbons (Fsp3) is 0.286. The van der Waals surface area contributed by atoms with Gasteiger partial charge in [0.25, 0.3) is 0 Å². The van der Waals surface area contributed by atoms with Crippen LogP contribution in [0.25, 0.3) is 0 Å². The molecule has 0 aliphatic heterocycles. The maximum Gasteiger partial charge on any atom is 0.311 e. The number of hydrogen-bond donors (Lipinski definition) is 1. The number of rotatable bonds is 12. The highest BCUT2D eigenvalue weighted by atomic mass is 32.2. The van der Waals surface area contributed by atoms with E-state index in [1.807, 2.05) is 22.8 Å². The summed E-state index contributed by atoms with van der Waals surface area (Å²) in [7, 11) is 0. The van der Waals surface area contributed by atoms with Gasteiger partial charge in [0.2, 0.25) is 5.91 Å². The average molecular weight is 490 g/mol. The monoisotopic (exact) mass is 489 g/mol. The summed E-state index contributed by atoms with van der Waals surface area (Å²) in [5.41, 5.74) is 0.572. The molecule has 0 aliphatic rings. The zero-order valence-electron chi connectivity index (χ0n) is 17.5. The van der Waals surface area contributed by atoms with Crippen molar-refractivity contribution in [2.24, 2.45) is 0 Å². The summed E-state index contributed by atoms with van der Waals surface area (Å²) in [5.74, 6) is 1.10. The van der Waals surface area contributed by atoms with Gasteiger partial charge in [-0.2, -0.15) is 0 Å². The summed E-state index contributed by atoms with van der Waals surface area (Å²) < 4.78 is 6.87. The second kappa shape index (κ2) is 12.4. The van der Waals surface area contributed by atoms with Crippen LogP contribution < -0.4 is 5.32 Å². The Morgan fingerprint density at radius 3 is 2.81 bits per heavy atom. The predicted octanol–water partition coefficient (Wildman–Crippen LogP) is 4.05. The van der Waals surface area contributed by atoms with Crippen LogP contribution in [-0.4, -0.2) is 44.0 Å². The Hall–Kier alpha value is -2.63. The number of nitrogens with zero attached hydrogens (tertiary/aromatic N) is 4. The first-order valence-corrected chi connectivity index (χ1v) is 12.7. The lowest BCUT2D eigenvalue weighted by Crippen LogP contribution is -2.15. The molecule has 1 amide bonds. The smallest absolute Gasteiger partial charge is 0.311 e. The molecule has 3 aromatic rings. The van der Waals surface area contributed by atoms with Crippen molar-refractivity contribution in [3.63, 3.8) is 0 Å². The molecule has 0 radical (unpaired) electrons. The lowest BCUT2D eigenvalue weighted by atomic mass is 10.3. The summed E-state index contributed by atoms with van der Waals surface area (Å²) in [5, 5.41) is 14.1. The summed E-state index contributed by atoms with van der Waals surface area (Å²) in [4.78, 5) is 29.3. The van der Waals surface area contributed by atoms with Crippen molar-refractivity contribution in [1.82, 2.24) is 19.7 Å². The highest BCUT2D eigenvalue weighted by Crippen LogP contribution is 2.25. The molecule has 8 nitrogen and oxygen atoms in total. The van der Waals surface area contributed by atoms with Crippen molar-refractivity contribution >= 4 is 51.9 Å². The molecule has 0 bridgehead atoms. The first kappa shape index (κ1) is 24.0. The van der Waals surface area contributed by atoms with E-state index in [-0.39, 0.29) is 24.1 Å². The number of allylic oxidation sites excluding steroid dienone is 1. The molecule has 0 aliphatic carbocycles. The van der Waals surface area contributed by atoms with Crippen molar-refractivity contribution in [3.05, 3.63) is 59.9 Å². The van der Waals surface area contributed by atoms with E-state index >= 15 is 0 Å². The highest BCUT2D eigenvalue weighted by molar-refractivity contribution is 7.99. The minimum Gasteiger partial charge on any atom is -0.466 e. The summed E-state index contributed by atoms with van der Waals surface area (Å²) in [6.45, 7) is 6.45. The SMILES string of the molecule is C=CCn1c(CSc2ccccc2)nnc1SCC(=O)Nc1nc(CC(=O)OCC)cs1. The maximum absolute atomic E-state index is 12.4. The van der Waals surface area contributed by atoms with Crippen molar-refractivity contribution in [2.45, 2.75) is 35.7 Å². The second-order valence-corrected chi connectivity index (χ2v) is 9.21. The van der Waals surface area contributed by atoms with E-state index < -0.39 is 0 Å². The number of anilines is 1. The molecule has 0 saturated carbocycles. The Labute approximate surface area is 198 Å². The Bertz CT molecular complexity index is 1050. The third-order valence-electron chi connectivity index (χ3n) is 3.98. The second-order valence-electron chi connectivity index (χ2n) is 6.36. The largest absolute Gasteiger partial charge is 0.466 e. The first-order chi connectivity index (χ1) is 15.6. The number of hydrogen-bond acceptors (Lipinski definition) is 9. The number of amides is 1. The molecule has 3 rings (SSSR count). The van der Waals surface area contributed by atoms with E-state index in [9.17, 15) is 9.59 Å². The standard InChI is InChI=1S/C21H23N5O3S3/c1-3-10-26-17(13-30-16-8-6-5-7-9-16)24-25-21(26)32-14-18(27)23-20-22-15(12-31-20)11-19(28)29-4-2/h3,5-9,12H,1,4,10-11,13-14H2,2H3,(H,22,23,27). The van der Waals surface area contributed by atoms with E-state index in [1.54, 1.807) is 30.1 Å². The molecule has 2 heterocycles. The molecule has 168 valence electrons. The topological polar surface area (TPSA) is 99.0 Å². The third-order valence-corrected chi connectivity index (χ3v) is 6.76. The Morgan fingerprint density at radius 1 is 1.25 bits per heavy atom. The lowest BCUT2D eigenvalue weighted by Gasteiger charge is -2.07. The van der Waals surface area contributed by atoms with Crippen LogP contribution in [0.15, 0.2) is 58.4 Å². The van der Waals surface area contributed by atoms with Crippen LogP contribution in [0, 0.1) is 0 Å². The maximum atomic E-state index is 12.4. The van der Waals surface area contributed by atoms with Crippen LogP contribution in [0.4, 0.5) is 5.13 Å². The summed E-state index contributed by atoms with van der Waals surface area (Å²) in [6, 6.07) is 10.1. The molecule has 1 aromatic carbocycles. The summed E-state index contributed by atoms with van der Waals surface area (Å²) in [6.07, 6.45) is 1.87. The molecule has 2 aromatic heterocycles. The minimum atomic E-state index is -0.339. The van der Waals surface area contributed by atoms with Gasteiger partial charge in [-0.15, -0.1) is 39.9 Å². The van der Waals surface area contributed by atoms with Crippen molar-refractivity contribution in [3.8, 4) is 0 Å². The van der Waals surface area contributed by atoms with Gasteiger partial charge in [-0.25, -0.2) is 4.98 Å². The Balaban J connectivity index is 1.53. The van der Waals surface area contributed by atoms with Gasteiger partial charge in [-0.05, 0) is 19.1 Å². The number of thioether (sulfide) groups is 2. The molecule has 0 saturated heterocycles. The van der Waals surface area contributed by atoms with E-state index in [0.717, 1.165) is 10.7 Å². The van der Waals surface area contributed by atoms with Crippen LogP contribution in [0.1, 0.15) is 18.4 Å². The number of benzene rings is 1. The van der Waals surface area contributed by atoms with Gasteiger partial charge in [0.15, 0.2) is 10.3 Å². The van der Waals surface area contributed by atoms with Crippen LogP contribution in [0.3, 0.4) is 0 Å². The van der Waals surface area contributed by atoms with Crippen LogP contribution in [0.2, 0.25) is 0 Å². The summed E-state index contributed by atoms with van der Waals surface area (Å²) >= 11 is 4.25. The molecule has 0 spiro atoms. The van der Waals surface area contributed by atoms with Crippen LogP contribution in [0.5, 0.6) is 0 Å². The first-order valence-electron chi connectivity index (χ1n) is 9.82. The van der Waals surface area contributed by atoms with Gasteiger partial charge >= 0.3 is 5.97 Å². The molecular formula is C21H23N5O3S3. The van der Waals surface area contributed by atoms with Gasteiger partial charge in [0, 0.05) is 16.8 Å². The quantitative estimate of drug-likeness (QED) is 0.231. The number of aromatic nitrogens is 4. The molecular weight excluding hydrogens is 466 g/mol. The van der Waals surface area contributed by atoms with Crippen molar-refractivity contribution < 1.29 is 14.3 Å². The molecule has 0 fully saturated rings. The molecule has 1 N–H and O–H groups in total. The number of nitrogens with one attached hydrogen (secondary N) is 1. The van der Waals surface area contributed by atoms with Gasteiger partial charge in [-0.1, -0.05) is 36.0 Å². The average Bonchev–Trinajstić information content (AvgIpc) is 3.38. The number of carbonyl (C=O) groups is 2. The highest BCUT2D eigenvalue weighted by Gasteiger charge is 2.15. The van der Waals surface area contributed by atoms with Crippen molar-refractivity contribution in [2.75, 3.05) is 17.7 Å².